The third kappa shape index (κ3) is 4.59. The molecule has 166 valence electrons. The molecule has 0 radical (unpaired) electrons. The Morgan fingerprint density at radius 2 is 2.03 bits per heavy atom. The molecule has 0 spiro atoms. The van der Waals surface area contributed by atoms with E-state index in [4.69, 9.17) is 4.42 Å². The van der Waals surface area contributed by atoms with Crippen LogP contribution in [0.3, 0.4) is 0 Å². The quantitative estimate of drug-likeness (QED) is 0.324. The fraction of sp³-hybridized carbons (Fsp3) is 0.273. The van der Waals surface area contributed by atoms with Gasteiger partial charge in [0.2, 0.25) is 5.91 Å². The van der Waals surface area contributed by atoms with Crippen molar-refractivity contribution >= 4 is 28.7 Å². The van der Waals surface area contributed by atoms with Crippen LogP contribution in [0.25, 0.3) is 11.0 Å². The zero-order valence-corrected chi connectivity index (χ0v) is 18.5. The molecule has 10 heteroatoms. The molecule has 4 aromatic rings. The molecule has 0 aliphatic heterocycles. The number of carbonyl (C=O) groups excluding carboxylic acids is 1. The SMILES string of the molecule is CCn1nc(C)c2nc(SCC(=O)NCc3ccc(F)cc3)n(Cc3ccco3)c(=O)c21. The summed E-state index contributed by atoms with van der Waals surface area (Å²) in [5, 5.41) is 7.62. The summed E-state index contributed by atoms with van der Waals surface area (Å²) >= 11 is 1.17. The highest BCUT2D eigenvalue weighted by molar-refractivity contribution is 7.99. The van der Waals surface area contributed by atoms with Crippen molar-refractivity contribution in [2.24, 2.45) is 0 Å². The Bertz CT molecular complexity index is 1300. The Balaban J connectivity index is 1.57. The molecular formula is C22H22FN5O3S. The number of furan rings is 1. The van der Waals surface area contributed by atoms with Gasteiger partial charge >= 0.3 is 0 Å². The minimum atomic E-state index is -0.326. The van der Waals surface area contributed by atoms with Gasteiger partial charge in [0.05, 0.1) is 24.3 Å². The normalized spacial score (nSPS) is 11.2. The average Bonchev–Trinajstić information content (AvgIpc) is 3.41. The maximum atomic E-state index is 13.3. The topological polar surface area (TPSA) is 95.0 Å². The fourth-order valence-corrected chi connectivity index (χ4v) is 4.13. The predicted molar refractivity (Wildman–Crippen MR) is 119 cm³/mol. The molecule has 32 heavy (non-hydrogen) atoms. The average molecular weight is 456 g/mol. The minimum Gasteiger partial charge on any atom is -0.467 e. The Kier molecular flexibility index (Phi) is 6.40. The number of thioether (sulfide) groups is 1. The van der Waals surface area contributed by atoms with Gasteiger partial charge in [-0.3, -0.25) is 18.8 Å². The van der Waals surface area contributed by atoms with E-state index < -0.39 is 0 Å². The number of nitrogens with zero attached hydrogens (tertiary/aromatic N) is 4. The van der Waals surface area contributed by atoms with Crippen LogP contribution >= 0.6 is 11.8 Å². The van der Waals surface area contributed by atoms with Crippen molar-refractivity contribution < 1.29 is 13.6 Å². The summed E-state index contributed by atoms with van der Waals surface area (Å²) in [5.74, 6) is 0.126. The monoisotopic (exact) mass is 455 g/mol. The van der Waals surface area contributed by atoms with Crippen molar-refractivity contribution in [1.29, 1.82) is 0 Å². The standard InChI is InChI=1S/C22H22FN5O3S/c1-3-28-20-19(14(2)26-28)25-22(27(21(20)30)12-17-5-4-10-31-17)32-13-18(29)24-11-15-6-8-16(23)9-7-15/h4-10H,3,11-13H2,1-2H3,(H,24,29). The predicted octanol–water partition coefficient (Wildman–Crippen LogP) is 3.11. The molecule has 0 bridgehead atoms. The summed E-state index contributed by atoms with van der Waals surface area (Å²) in [6.07, 6.45) is 1.54. The van der Waals surface area contributed by atoms with Crippen molar-refractivity contribution in [3.8, 4) is 0 Å². The number of halogens is 1. The van der Waals surface area contributed by atoms with E-state index in [9.17, 15) is 14.0 Å². The minimum absolute atomic E-state index is 0.0677. The molecule has 1 aromatic carbocycles. The van der Waals surface area contributed by atoms with Crippen molar-refractivity contribution in [2.45, 2.75) is 38.6 Å². The summed E-state index contributed by atoms with van der Waals surface area (Å²) < 4.78 is 21.6. The van der Waals surface area contributed by atoms with Gasteiger partial charge < -0.3 is 9.73 Å². The maximum absolute atomic E-state index is 13.3. The molecule has 8 nitrogen and oxygen atoms in total. The van der Waals surface area contributed by atoms with E-state index in [1.54, 1.807) is 35.2 Å². The van der Waals surface area contributed by atoms with E-state index in [0.717, 1.165) is 5.56 Å². The molecule has 1 amide bonds. The van der Waals surface area contributed by atoms with E-state index in [-0.39, 0.29) is 36.1 Å². The number of hydrogen-bond acceptors (Lipinski definition) is 6. The molecule has 0 atom stereocenters. The molecule has 0 fully saturated rings. The van der Waals surface area contributed by atoms with E-state index in [2.05, 4.69) is 15.4 Å². The lowest BCUT2D eigenvalue weighted by molar-refractivity contribution is -0.118. The molecule has 0 saturated heterocycles. The lowest BCUT2D eigenvalue weighted by atomic mass is 10.2. The number of fused-ring (bicyclic) bond motifs is 1. The summed E-state index contributed by atoms with van der Waals surface area (Å²) in [4.78, 5) is 30.4. The number of nitrogens with one attached hydrogen (secondary N) is 1. The van der Waals surface area contributed by atoms with Crippen LogP contribution in [0.5, 0.6) is 0 Å². The number of carbonyl (C=O) groups is 1. The molecule has 3 aromatic heterocycles. The van der Waals surface area contributed by atoms with Gasteiger partial charge in [-0.25, -0.2) is 9.37 Å². The van der Waals surface area contributed by atoms with Crippen molar-refractivity contribution in [2.75, 3.05) is 5.75 Å². The first-order chi connectivity index (χ1) is 15.5. The van der Waals surface area contributed by atoms with Crippen LogP contribution in [0.1, 0.15) is 23.9 Å². The molecule has 0 saturated carbocycles. The van der Waals surface area contributed by atoms with Crippen molar-refractivity contribution in [3.05, 3.63) is 75.9 Å². The van der Waals surface area contributed by atoms with E-state index >= 15 is 0 Å². The number of benzene rings is 1. The van der Waals surface area contributed by atoms with Gasteiger partial charge in [-0.1, -0.05) is 23.9 Å². The largest absolute Gasteiger partial charge is 0.467 e. The van der Waals surface area contributed by atoms with Gasteiger partial charge in [-0.05, 0) is 43.7 Å². The molecule has 3 heterocycles. The van der Waals surface area contributed by atoms with Gasteiger partial charge in [-0.15, -0.1) is 0 Å². The number of aromatic nitrogens is 4. The molecule has 4 rings (SSSR count). The zero-order valence-electron chi connectivity index (χ0n) is 17.7. The highest BCUT2D eigenvalue weighted by atomic mass is 32.2. The first kappa shape index (κ1) is 21.8. The zero-order chi connectivity index (χ0) is 22.7. The lowest BCUT2D eigenvalue weighted by Crippen LogP contribution is -2.27. The number of aryl methyl sites for hydroxylation is 2. The number of rotatable bonds is 8. The number of hydrogen-bond donors (Lipinski definition) is 1. The summed E-state index contributed by atoms with van der Waals surface area (Å²) in [7, 11) is 0. The second kappa shape index (κ2) is 9.39. The molecule has 0 aliphatic rings. The van der Waals surface area contributed by atoms with Gasteiger partial charge in [0.1, 0.15) is 17.1 Å². The van der Waals surface area contributed by atoms with Crippen molar-refractivity contribution in [1.82, 2.24) is 24.6 Å². The summed E-state index contributed by atoms with van der Waals surface area (Å²) in [6, 6.07) is 9.47. The van der Waals surface area contributed by atoms with E-state index in [1.165, 1.54) is 28.5 Å². The summed E-state index contributed by atoms with van der Waals surface area (Å²) in [6.45, 7) is 4.74. The van der Waals surface area contributed by atoms with E-state index in [0.29, 0.717) is 34.2 Å². The fourth-order valence-electron chi connectivity index (χ4n) is 3.31. The van der Waals surface area contributed by atoms with Gasteiger partial charge in [0.25, 0.3) is 5.56 Å². The second-order valence-corrected chi connectivity index (χ2v) is 8.10. The highest BCUT2D eigenvalue weighted by Crippen LogP contribution is 2.21. The maximum Gasteiger partial charge on any atom is 0.280 e. The van der Waals surface area contributed by atoms with Gasteiger partial charge in [0.15, 0.2) is 10.7 Å². The van der Waals surface area contributed by atoms with Crippen LogP contribution in [0.2, 0.25) is 0 Å². The molecule has 0 unspecified atom stereocenters. The van der Waals surface area contributed by atoms with Crippen LogP contribution < -0.4 is 10.9 Å². The van der Waals surface area contributed by atoms with Crippen LogP contribution in [-0.4, -0.2) is 31.0 Å². The molecule has 0 aliphatic carbocycles. The summed E-state index contributed by atoms with van der Waals surface area (Å²) in [5.41, 5.74) is 2.18. The van der Waals surface area contributed by atoms with Crippen LogP contribution in [0, 0.1) is 12.7 Å². The smallest absolute Gasteiger partial charge is 0.280 e. The third-order valence-electron chi connectivity index (χ3n) is 4.91. The Hall–Kier alpha value is -3.40. The third-order valence-corrected chi connectivity index (χ3v) is 5.89. The second-order valence-electron chi connectivity index (χ2n) is 7.16. The molecular weight excluding hydrogens is 433 g/mol. The first-order valence-corrected chi connectivity index (χ1v) is 11.1. The van der Waals surface area contributed by atoms with Crippen LogP contribution in [0.15, 0.2) is 57.0 Å². The van der Waals surface area contributed by atoms with Crippen LogP contribution in [-0.2, 0) is 24.4 Å². The highest BCUT2D eigenvalue weighted by Gasteiger charge is 2.19. The molecule has 1 N–H and O–H groups in total. The Morgan fingerprint density at radius 1 is 1.25 bits per heavy atom. The van der Waals surface area contributed by atoms with Crippen LogP contribution in [0.4, 0.5) is 4.39 Å². The first-order valence-electron chi connectivity index (χ1n) is 10.1. The van der Waals surface area contributed by atoms with E-state index in [1.807, 2.05) is 13.8 Å². The Labute approximate surface area is 187 Å². The van der Waals surface area contributed by atoms with Gasteiger partial charge in [0, 0.05) is 13.1 Å². The Morgan fingerprint density at radius 3 is 2.72 bits per heavy atom. The lowest BCUT2D eigenvalue weighted by Gasteiger charge is -2.12. The number of amides is 1. The van der Waals surface area contributed by atoms with Gasteiger partial charge in [-0.2, -0.15) is 5.10 Å². The van der Waals surface area contributed by atoms with Crippen molar-refractivity contribution in [3.63, 3.8) is 0 Å².